The Morgan fingerprint density at radius 2 is 2.10 bits per heavy atom. The molecule has 4 heteroatoms. The summed E-state index contributed by atoms with van der Waals surface area (Å²) in [6, 6.07) is 0. The van der Waals surface area contributed by atoms with Crippen LogP contribution in [-0.2, 0) is 14.2 Å². The van der Waals surface area contributed by atoms with Gasteiger partial charge in [-0.05, 0) is 31.8 Å². The van der Waals surface area contributed by atoms with Gasteiger partial charge in [0, 0.05) is 12.8 Å². The molecule has 1 saturated carbocycles. The third-order valence-corrected chi connectivity index (χ3v) is 4.87. The second-order valence-corrected chi connectivity index (χ2v) is 6.35. The van der Waals surface area contributed by atoms with Crippen LogP contribution in [-0.4, -0.2) is 41.9 Å². The summed E-state index contributed by atoms with van der Waals surface area (Å²) in [7, 11) is 0. The van der Waals surface area contributed by atoms with Gasteiger partial charge in [-0.1, -0.05) is 25.2 Å². The average Bonchev–Trinajstić information content (AvgIpc) is 3.02. The number of hydrogen-bond acceptors (Lipinski definition) is 4. The zero-order chi connectivity index (χ0) is 14.9. The summed E-state index contributed by atoms with van der Waals surface area (Å²) < 4.78 is 18.1. The van der Waals surface area contributed by atoms with Gasteiger partial charge in [0.15, 0.2) is 5.79 Å². The maximum atomic E-state index is 10.4. The van der Waals surface area contributed by atoms with Crippen molar-refractivity contribution in [3.8, 4) is 0 Å². The molecule has 3 fully saturated rings. The second-order valence-electron chi connectivity index (χ2n) is 6.35. The van der Waals surface area contributed by atoms with Crippen molar-refractivity contribution >= 4 is 0 Å². The molecule has 3 rings (SSSR count). The van der Waals surface area contributed by atoms with Gasteiger partial charge in [0.1, 0.15) is 18.3 Å². The quantitative estimate of drug-likeness (QED) is 0.813. The highest BCUT2D eigenvalue weighted by Gasteiger charge is 2.50. The molecule has 3 aliphatic rings. The van der Waals surface area contributed by atoms with Crippen molar-refractivity contribution in [1.82, 2.24) is 0 Å². The average molecular weight is 294 g/mol. The fraction of sp³-hybridized carbons (Fsp3) is 0.765. The fourth-order valence-electron chi connectivity index (χ4n) is 3.60. The predicted octanol–water partition coefficient (Wildman–Crippen LogP) is 2.71. The normalized spacial score (nSPS) is 39.6. The van der Waals surface area contributed by atoms with E-state index in [9.17, 15) is 5.11 Å². The first-order chi connectivity index (χ1) is 10.2. The van der Waals surface area contributed by atoms with Crippen molar-refractivity contribution in [3.05, 3.63) is 24.3 Å². The molecular formula is C17H26O4. The third kappa shape index (κ3) is 2.95. The largest absolute Gasteiger partial charge is 0.386 e. The number of rotatable bonds is 3. The van der Waals surface area contributed by atoms with Crippen LogP contribution < -0.4 is 0 Å². The molecule has 0 bridgehead atoms. The van der Waals surface area contributed by atoms with Gasteiger partial charge in [-0.25, -0.2) is 0 Å². The number of ether oxygens (including phenoxy) is 3. The highest BCUT2D eigenvalue weighted by Crippen LogP contribution is 2.41. The minimum atomic E-state index is -0.660. The van der Waals surface area contributed by atoms with E-state index < -0.39 is 11.9 Å². The van der Waals surface area contributed by atoms with Crippen molar-refractivity contribution in [2.45, 2.75) is 75.7 Å². The molecule has 0 aromatic carbocycles. The molecule has 4 atom stereocenters. The first kappa shape index (κ1) is 15.2. The van der Waals surface area contributed by atoms with Crippen molar-refractivity contribution in [3.63, 3.8) is 0 Å². The van der Waals surface area contributed by atoms with Crippen LogP contribution in [0.1, 0.15) is 45.4 Å². The lowest BCUT2D eigenvalue weighted by Crippen LogP contribution is -2.39. The topological polar surface area (TPSA) is 47.9 Å². The summed E-state index contributed by atoms with van der Waals surface area (Å²) in [5.41, 5.74) is 0.756. The van der Waals surface area contributed by atoms with Crippen LogP contribution in [0.15, 0.2) is 24.3 Å². The summed E-state index contributed by atoms with van der Waals surface area (Å²) in [4.78, 5) is 0. The van der Waals surface area contributed by atoms with Crippen molar-refractivity contribution in [1.29, 1.82) is 0 Å². The lowest BCUT2D eigenvalue weighted by atomic mass is 9.94. The number of allylic oxidation sites excluding steroid dienone is 1. The zero-order valence-electron chi connectivity index (χ0n) is 12.8. The van der Waals surface area contributed by atoms with Crippen molar-refractivity contribution in [2.75, 3.05) is 6.61 Å². The van der Waals surface area contributed by atoms with E-state index in [4.69, 9.17) is 14.2 Å². The van der Waals surface area contributed by atoms with Crippen LogP contribution in [0.3, 0.4) is 0 Å². The summed E-state index contributed by atoms with van der Waals surface area (Å²) >= 11 is 0. The molecule has 2 heterocycles. The summed E-state index contributed by atoms with van der Waals surface area (Å²) in [6.07, 6.45) is 8.92. The summed E-state index contributed by atoms with van der Waals surface area (Å²) in [5.74, 6) is -0.422. The Labute approximate surface area is 126 Å². The molecular weight excluding hydrogens is 268 g/mol. The molecule has 21 heavy (non-hydrogen) atoms. The van der Waals surface area contributed by atoms with Gasteiger partial charge in [0.2, 0.25) is 0 Å². The first-order valence-corrected chi connectivity index (χ1v) is 8.10. The van der Waals surface area contributed by atoms with Gasteiger partial charge in [0.05, 0.1) is 12.7 Å². The molecule has 0 amide bonds. The Morgan fingerprint density at radius 3 is 2.81 bits per heavy atom. The summed E-state index contributed by atoms with van der Waals surface area (Å²) in [5, 5.41) is 10.4. The Hall–Kier alpha value is -0.680. The lowest BCUT2D eigenvalue weighted by Gasteiger charge is -2.32. The van der Waals surface area contributed by atoms with E-state index in [0.29, 0.717) is 6.61 Å². The predicted molar refractivity (Wildman–Crippen MR) is 79.9 cm³/mol. The summed E-state index contributed by atoms with van der Waals surface area (Å²) in [6.45, 7) is 6.47. The van der Waals surface area contributed by atoms with Crippen LogP contribution in [0.25, 0.3) is 0 Å². The molecule has 118 valence electrons. The van der Waals surface area contributed by atoms with Gasteiger partial charge in [-0.2, -0.15) is 0 Å². The van der Waals surface area contributed by atoms with Gasteiger partial charge >= 0.3 is 0 Å². The molecule has 0 aromatic rings. The molecule has 2 unspecified atom stereocenters. The molecule has 0 radical (unpaired) electrons. The molecule has 4 nitrogen and oxygen atoms in total. The van der Waals surface area contributed by atoms with E-state index >= 15 is 0 Å². The number of aliphatic hydroxyl groups excluding tert-OH is 1. The van der Waals surface area contributed by atoms with E-state index in [0.717, 1.165) is 37.7 Å². The van der Waals surface area contributed by atoms with Gasteiger partial charge in [-0.15, -0.1) is 0 Å². The van der Waals surface area contributed by atoms with Gasteiger partial charge < -0.3 is 19.3 Å². The van der Waals surface area contributed by atoms with E-state index in [1.54, 1.807) is 0 Å². The SMILES string of the molecule is C=C1C(O)[C@H](C2COC3(CCCCC3)O2)O[C@H]1C/C=C/C. The Kier molecular flexibility index (Phi) is 4.50. The standard InChI is InChI=1S/C17H26O4/c1-3-4-8-13-12(2)15(18)16(20-13)14-11-19-17(21-14)9-6-5-7-10-17/h3-4,13-16,18H,2,5-11H2,1H3/b4-3+/t13-,14?,15?,16-/m0/s1. The molecule has 1 N–H and O–H groups in total. The van der Waals surface area contributed by atoms with Gasteiger partial charge in [-0.3, -0.25) is 0 Å². The maximum Gasteiger partial charge on any atom is 0.169 e. The Morgan fingerprint density at radius 1 is 1.33 bits per heavy atom. The van der Waals surface area contributed by atoms with E-state index in [-0.39, 0.29) is 18.3 Å². The van der Waals surface area contributed by atoms with Crippen LogP contribution in [0.5, 0.6) is 0 Å². The Balaban J connectivity index is 1.63. The molecule has 1 spiro atoms. The van der Waals surface area contributed by atoms with E-state index in [2.05, 4.69) is 6.58 Å². The zero-order valence-corrected chi connectivity index (χ0v) is 12.8. The molecule has 1 aliphatic carbocycles. The van der Waals surface area contributed by atoms with Crippen LogP contribution in [0.4, 0.5) is 0 Å². The smallest absolute Gasteiger partial charge is 0.169 e. The molecule has 0 aromatic heterocycles. The van der Waals surface area contributed by atoms with Crippen molar-refractivity contribution in [2.24, 2.45) is 0 Å². The molecule has 2 aliphatic heterocycles. The van der Waals surface area contributed by atoms with E-state index in [1.807, 2.05) is 19.1 Å². The number of aliphatic hydroxyl groups is 1. The van der Waals surface area contributed by atoms with Gasteiger partial charge in [0.25, 0.3) is 0 Å². The maximum absolute atomic E-state index is 10.4. The minimum absolute atomic E-state index is 0.118. The third-order valence-electron chi connectivity index (χ3n) is 4.87. The Bertz CT molecular complexity index is 411. The second kappa shape index (κ2) is 6.21. The van der Waals surface area contributed by atoms with Crippen molar-refractivity contribution < 1.29 is 19.3 Å². The highest BCUT2D eigenvalue weighted by molar-refractivity contribution is 5.19. The fourth-order valence-corrected chi connectivity index (χ4v) is 3.60. The van der Waals surface area contributed by atoms with Crippen LogP contribution in [0.2, 0.25) is 0 Å². The van der Waals surface area contributed by atoms with Crippen LogP contribution in [0, 0.1) is 0 Å². The monoisotopic (exact) mass is 294 g/mol. The highest BCUT2D eigenvalue weighted by atomic mass is 16.8. The lowest BCUT2D eigenvalue weighted by molar-refractivity contribution is -0.201. The van der Waals surface area contributed by atoms with E-state index in [1.165, 1.54) is 6.42 Å². The number of hydrogen-bond donors (Lipinski definition) is 1. The minimum Gasteiger partial charge on any atom is -0.386 e. The molecule has 2 saturated heterocycles. The van der Waals surface area contributed by atoms with Crippen LogP contribution >= 0.6 is 0 Å². The first-order valence-electron chi connectivity index (χ1n) is 8.10.